The molecule has 1 fully saturated rings. The van der Waals surface area contributed by atoms with Gasteiger partial charge >= 0.3 is 12.5 Å². The SMILES string of the molecule is N=c1sc2cc(OC(F)(F)F)ccc2n1CC1CCN(C(=O)O)CC1. The number of likely N-dealkylation sites (tertiary alicyclic amines) is 1. The van der Waals surface area contributed by atoms with E-state index in [0.29, 0.717) is 42.7 Å². The molecule has 1 aromatic carbocycles. The molecular formula is C15H16F3N3O3S. The van der Waals surface area contributed by atoms with Crippen molar-refractivity contribution in [3.63, 3.8) is 0 Å². The number of aromatic nitrogens is 1. The van der Waals surface area contributed by atoms with Crippen LogP contribution >= 0.6 is 11.3 Å². The summed E-state index contributed by atoms with van der Waals surface area (Å²) in [7, 11) is 0. The lowest BCUT2D eigenvalue weighted by Gasteiger charge is -2.30. The van der Waals surface area contributed by atoms with E-state index in [9.17, 15) is 18.0 Å². The fourth-order valence-electron chi connectivity index (χ4n) is 3.01. The predicted octanol–water partition coefficient (Wildman–Crippen LogP) is 3.47. The first-order valence-electron chi connectivity index (χ1n) is 7.64. The summed E-state index contributed by atoms with van der Waals surface area (Å²) in [5, 5.41) is 17.1. The van der Waals surface area contributed by atoms with E-state index < -0.39 is 12.5 Å². The third kappa shape index (κ3) is 4.06. The Morgan fingerprint density at radius 1 is 1.36 bits per heavy atom. The van der Waals surface area contributed by atoms with Crippen LogP contribution in [0.3, 0.4) is 0 Å². The van der Waals surface area contributed by atoms with Crippen molar-refractivity contribution in [1.29, 1.82) is 5.41 Å². The van der Waals surface area contributed by atoms with Gasteiger partial charge in [-0.25, -0.2) is 4.79 Å². The van der Waals surface area contributed by atoms with E-state index in [1.807, 2.05) is 0 Å². The molecule has 3 rings (SSSR count). The van der Waals surface area contributed by atoms with E-state index in [1.54, 1.807) is 4.57 Å². The van der Waals surface area contributed by atoms with Crippen LogP contribution in [0.1, 0.15) is 12.8 Å². The van der Waals surface area contributed by atoms with Crippen LogP contribution in [0, 0.1) is 11.3 Å². The molecule has 1 aromatic heterocycles. The molecule has 0 atom stereocenters. The van der Waals surface area contributed by atoms with Gasteiger partial charge in [0.2, 0.25) is 0 Å². The maximum absolute atomic E-state index is 12.3. The summed E-state index contributed by atoms with van der Waals surface area (Å²) < 4.78 is 43.2. The molecule has 1 amide bonds. The molecule has 1 aliphatic rings. The summed E-state index contributed by atoms with van der Waals surface area (Å²) in [6.07, 6.45) is -4.27. The van der Waals surface area contributed by atoms with E-state index in [2.05, 4.69) is 4.74 Å². The molecule has 0 saturated carbocycles. The first kappa shape index (κ1) is 17.6. The summed E-state index contributed by atoms with van der Waals surface area (Å²) in [4.78, 5) is 12.6. The largest absolute Gasteiger partial charge is 0.573 e. The van der Waals surface area contributed by atoms with Crippen LogP contribution in [0.4, 0.5) is 18.0 Å². The number of hydrogen-bond donors (Lipinski definition) is 2. The molecule has 0 bridgehead atoms. The minimum Gasteiger partial charge on any atom is -0.465 e. The minimum atomic E-state index is -4.75. The zero-order chi connectivity index (χ0) is 18.2. The number of nitrogens with zero attached hydrogens (tertiary/aromatic N) is 2. The molecular weight excluding hydrogens is 359 g/mol. The number of alkyl halides is 3. The van der Waals surface area contributed by atoms with Crippen molar-refractivity contribution >= 4 is 27.6 Å². The van der Waals surface area contributed by atoms with Gasteiger partial charge in [0.1, 0.15) is 5.75 Å². The van der Waals surface area contributed by atoms with E-state index in [1.165, 1.54) is 23.1 Å². The average molecular weight is 375 g/mol. The Morgan fingerprint density at radius 2 is 2.04 bits per heavy atom. The number of hydrogen-bond acceptors (Lipinski definition) is 4. The highest BCUT2D eigenvalue weighted by atomic mass is 32.1. The maximum atomic E-state index is 12.3. The predicted molar refractivity (Wildman–Crippen MR) is 84.7 cm³/mol. The van der Waals surface area contributed by atoms with Crippen molar-refractivity contribution in [1.82, 2.24) is 9.47 Å². The van der Waals surface area contributed by atoms with Crippen molar-refractivity contribution in [3.8, 4) is 5.75 Å². The number of piperidine rings is 1. The third-order valence-electron chi connectivity index (χ3n) is 4.23. The number of ether oxygens (including phenoxy) is 1. The lowest BCUT2D eigenvalue weighted by Crippen LogP contribution is -2.38. The Kier molecular flexibility index (Phi) is 4.63. The van der Waals surface area contributed by atoms with Gasteiger partial charge in [0.25, 0.3) is 0 Å². The summed E-state index contributed by atoms with van der Waals surface area (Å²) in [6.45, 7) is 1.46. The van der Waals surface area contributed by atoms with Crippen LogP contribution in [0.2, 0.25) is 0 Å². The molecule has 0 spiro atoms. The number of fused-ring (bicyclic) bond motifs is 1. The first-order chi connectivity index (χ1) is 11.7. The number of carbonyl (C=O) groups is 1. The van der Waals surface area contributed by atoms with Crippen molar-refractivity contribution in [2.75, 3.05) is 13.1 Å². The summed E-state index contributed by atoms with van der Waals surface area (Å²) in [5.41, 5.74) is 0.685. The van der Waals surface area contributed by atoms with Gasteiger partial charge in [-0.05, 0) is 37.0 Å². The lowest BCUT2D eigenvalue weighted by molar-refractivity contribution is -0.274. The van der Waals surface area contributed by atoms with Gasteiger partial charge in [0, 0.05) is 19.6 Å². The van der Waals surface area contributed by atoms with Crippen molar-refractivity contribution in [2.45, 2.75) is 25.7 Å². The molecule has 25 heavy (non-hydrogen) atoms. The Hall–Kier alpha value is -2.23. The number of nitrogens with one attached hydrogen (secondary N) is 1. The molecule has 10 heteroatoms. The zero-order valence-corrected chi connectivity index (χ0v) is 13.9. The quantitative estimate of drug-likeness (QED) is 0.862. The van der Waals surface area contributed by atoms with Gasteiger partial charge in [0.05, 0.1) is 10.2 Å². The lowest BCUT2D eigenvalue weighted by atomic mass is 9.97. The first-order valence-corrected chi connectivity index (χ1v) is 8.46. The highest BCUT2D eigenvalue weighted by Crippen LogP contribution is 2.29. The maximum Gasteiger partial charge on any atom is 0.573 e. The molecule has 0 aliphatic carbocycles. The molecule has 2 N–H and O–H groups in total. The third-order valence-corrected chi connectivity index (χ3v) is 5.19. The molecule has 1 saturated heterocycles. The second-order valence-electron chi connectivity index (χ2n) is 5.91. The summed E-state index contributed by atoms with van der Waals surface area (Å²) >= 11 is 1.09. The normalized spacial score (nSPS) is 16.4. The number of thiazole rings is 1. The average Bonchev–Trinajstić information content (AvgIpc) is 2.81. The second kappa shape index (κ2) is 6.58. The molecule has 6 nitrogen and oxygen atoms in total. The smallest absolute Gasteiger partial charge is 0.465 e. The standard InChI is InChI=1S/C15H16F3N3O3S/c16-15(17,18)24-10-1-2-11-12(7-10)25-13(19)21(11)8-9-3-5-20(6-4-9)14(22)23/h1-2,7,9,19H,3-6,8H2,(H,22,23). The van der Waals surface area contributed by atoms with E-state index >= 15 is 0 Å². The van der Waals surface area contributed by atoms with Gasteiger partial charge < -0.3 is 19.3 Å². The fraction of sp³-hybridized carbons (Fsp3) is 0.467. The number of carboxylic acid groups (broad SMARTS) is 1. The van der Waals surface area contributed by atoms with Crippen LogP contribution in [-0.2, 0) is 6.54 Å². The van der Waals surface area contributed by atoms with Gasteiger partial charge in [-0.2, -0.15) is 0 Å². The van der Waals surface area contributed by atoms with E-state index in [-0.39, 0.29) is 16.5 Å². The molecule has 1 aliphatic heterocycles. The summed E-state index contributed by atoms with van der Waals surface area (Å²) in [6, 6.07) is 4.05. The van der Waals surface area contributed by atoms with Crippen LogP contribution in [0.15, 0.2) is 18.2 Å². The van der Waals surface area contributed by atoms with Gasteiger partial charge in [-0.1, -0.05) is 11.3 Å². The van der Waals surface area contributed by atoms with E-state index in [0.717, 1.165) is 11.3 Å². The van der Waals surface area contributed by atoms with Crippen molar-refractivity contribution < 1.29 is 27.8 Å². The number of rotatable bonds is 3. The number of halogens is 3. The van der Waals surface area contributed by atoms with Crippen LogP contribution in [-0.4, -0.2) is 40.1 Å². The molecule has 136 valence electrons. The monoisotopic (exact) mass is 375 g/mol. The summed E-state index contributed by atoms with van der Waals surface area (Å²) in [5.74, 6) is -0.0724. The second-order valence-corrected chi connectivity index (χ2v) is 6.94. The van der Waals surface area contributed by atoms with Crippen molar-refractivity contribution in [2.24, 2.45) is 5.92 Å². The Labute approximate surface area is 144 Å². The van der Waals surface area contributed by atoms with Crippen LogP contribution in [0.5, 0.6) is 5.75 Å². The van der Waals surface area contributed by atoms with Crippen molar-refractivity contribution in [3.05, 3.63) is 23.0 Å². The molecule has 2 heterocycles. The molecule has 0 unspecified atom stereocenters. The highest BCUT2D eigenvalue weighted by molar-refractivity contribution is 7.16. The molecule has 2 aromatic rings. The topological polar surface area (TPSA) is 78.5 Å². The highest BCUT2D eigenvalue weighted by Gasteiger charge is 2.31. The van der Waals surface area contributed by atoms with Gasteiger partial charge in [0.15, 0.2) is 4.80 Å². The zero-order valence-electron chi connectivity index (χ0n) is 13.0. The number of benzene rings is 1. The van der Waals surface area contributed by atoms with Crippen LogP contribution in [0.25, 0.3) is 10.2 Å². The Bertz CT molecular complexity index is 838. The fourth-order valence-corrected chi connectivity index (χ4v) is 3.96. The van der Waals surface area contributed by atoms with Gasteiger partial charge in [-0.15, -0.1) is 13.2 Å². The van der Waals surface area contributed by atoms with Crippen LogP contribution < -0.4 is 9.54 Å². The number of amides is 1. The van der Waals surface area contributed by atoms with Gasteiger partial charge in [-0.3, -0.25) is 5.41 Å². The minimum absolute atomic E-state index is 0.230. The Morgan fingerprint density at radius 3 is 2.64 bits per heavy atom. The Balaban J connectivity index is 1.77. The molecule has 0 radical (unpaired) electrons. The van der Waals surface area contributed by atoms with E-state index in [4.69, 9.17) is 10.5 Å².